The first-order valence-electron chi connectivity index (χ1n) is 7.14. The zero-order valence-corrected chi connectivity index (χ0v) is 15.4. The molecule has 0 saturated carbocycles. The van der Waals surface area contributed by atoms with Gasteiger partial charge in [0.15, 0.2) is 0 Å². The van der Waals surface area contributed by atoms with Crippen LogP contribution in [-0.2, 0) is 0 Å². The van der Waals surface area contributed by atoms with Crippen molar-refractivity contribution in [2.24, 2.45) is 0 Å². The van der Waals surface area contributed by atoms with Gasteiger partial charge < -0.3 is 4.74 Å². The summed E-state index contributed by atoms with van der Waals surface area (Å²) in [5.41, 5.74) is 0.825. The highest BCUT2D eigenvalue weighted by molar-refractivity contribution is 9.10. The molecule has 2 amide bonds. The maximum Gasteiger partial charge on any atom is 0.340 e. The lowest BCUT2D eigenvalue weighted by molar-refractivity contribution is 0.240. The number of urea groups is 1. The van der Waals surface area contributed by atoms with E-state index in [4.69, 9.17) is 4.74 Å². The fourth-order valence-corrected chi connectivity index (χ4v) is 3.85. The predicted octanol–water partition coefficient (Wildman–Crippen LogP) is 4.71. The average Bonchev–Trinajstić information content (AvgIpc) is 2.53. The van der Waals surface area contributed by atoms with Gasteiger partial charge in [0.05, 0.1) is 21.2 Å². The van der Waals surface area contributed by atoms with Crippen LogP contribution in [0.25, 0.3) is 0 Å². The molecule has 5 nitrogen and oxygen atoms in total. The van der Waals surface area contributed by atoms with E-state index < -0.39 is 0 Å². The number of hydrogen-bond donors (Lipinski definition) is 0. The van der Waals surface area contributed by atoms with Gasteiger partial charge in [-0.3, -0.25) is 4.90 Å². The summed E-state index contributed by atoms with van der Waals surface area (Å²) in [5.74, 6) is 1.34. The Morgan fingerprint density at radius 2 is 2.09 bits per heavy atom. The number of fused-ring (bicyclic) bond motifs is 1. The number of hydrogen-bond acceptors (Lipinski definition) is 4. The molecule has 7 heteroatoms. The number of amides is 2. The van der Waals surface area contributed by atoms with Crippen LogP contribution in [0.2, 0.25) is 0 Å². The minimum absolute atomic E-state index is 0.0617. The Labute approximate surface area is 147 Å². The molecule has 0 saturated heterocycles. The number of halogens is 1. The molecule has 0 aliphatic carbocycles. The Hall–Kier alpha value is -1.73. The number of aromatic nitrogens is 1. The molecule has 0 bridgehead atoms. The number of carbonyl (C=O) groups is 1. The highest BCUT2D eigenvalue weighted by Crippen LogP contribution is 2.44. The molecule has 0 radical (unpaired) electrons. The molecular formula is C16H16BrN3O2S. The van der Waals surface area contributed by atoms with Gasteiger partial charge in [-0.25, -0.2) is 14.1 Å². The van der Waals surface area contributed by atoms with E-state index in [2.05, 4.69) is 20.9 Å². The summed E-state index contributed by atoms with van der Waals surface area (Å²) in [6, 6.07) is 9.22. The van der Waals surface area contributed by atoms with Crippen LogP contribution in [0.5, 0.6) is 5.75 Å². The molecule has 120 valence electrons. The van der Waals surface area contributed by atoms with E-state index in [1.54, 1.807) is 22.4 Å². The molecule has 0 fully saturated rings. The van der Waals surface area contributed by atoms with E-state index in [-0.39, 0.29) is 12.1 Å². The monoisotopic (exact) mass is 393 g/mol. The summed E-state index contributed by atoms with van der Waals surface area (Å²) >= 11 is 4.90. The number of nitrogens with zero attached hydrogens (tertiary/aromatic N) is 3. The molecule has 23 heavy (non-hydrogen) atoms. The van der Waals surface area contributed by atoms with Crippen molar-refractivity contribution in [3.8, 4) is 5.75 Å². The first-order valence-corrected chi connectivity index (χ1v) is 8.71. The number of carbonyl (C=O) groups excluding carboxylic acids is 1. The molecule has 1 aliphatic rings. The van der Waals surface area contributed by atoms with E-state index in [0.717, 1.165) is 20.8 Å². The number of anilines is 2. The number of ether oxygens (including phenoxy) is 1. The van der Waals surface area contributed by atoms with Gasteiger partial charge >= 0.3 is 6.03 Å². The van der Waals surface area contributed by atoms with Crippen LogP contribution in [0.15, 0.2) is 45.9 Å². The van der Waals surface area contributed by atoms with Gasteiger partial charge in [-0.15, -0.1) is 0 Å². The largest absolute Gasteiger partial charge is 0.490 e. The smallest absolute Gasteiger partial charge is 0.340 e. The first-order chi connectivity index (χ1) is 11.0. The summed E-state index contributed by atoms with van der Waals surface area (Å²) in [4.78, 5) is 19.5. The molecule has 1 aromatic carbocycles. The molecule has 1 aromatic heterocycles. The minimum Gasteiger partial charge on any atom is -0.490 e. The Kier molecular flexibility index (Phi) is 4.50. The highest BCUT2D eigenvalue weighted by atomic mass is 79.9. The first kappa shape index (κ1) is 16.1. The molecule has 1 aliphatic heterocycles. The Morgan fingerprint density at radius 1 is 1.30 bits per heavy atom. The van der Waals surface area contributed by atoms with Crippen LogP contribution in [0.3, 0.4) is 0 Å². The Balaban J connectivity index is 2.00. The highest BCUT2D eigenvalue weighted by Gasteiger charge is 2.31. The van der Waals surface area contributed by atoms with Crippen molar-refractivity contribution >= 4 is 45.4 Å². The molecule has 0 N–H and O–H groups in total. The van der Waals surface area contributed by atoms with Gasteiger partial charge in [-0.2, -0.15) is 0 Å². The normalized spacial score (nSPS) is 14.2. The van der Waals surface area contributed by atoms with E-state index >= 15 is 0 Å². The zero-order valence-electron chi connectivity index (χ0n) is 13.0. The summed E-state index contributed by atoms with van der Waals surface area (Å²) in [5, 5.41) is 0. The van der Waals surface area contributed by atoms with Crippen molar-refractivity contribution in [3.63, 3.8) is 0 Å². The summed E-state index contributed by atoms with van der Waals surface area (Å²) in [6.45, 7) is 3.94. The number of rotatable bonds is 3. The molecular weight excluding hydrogens is 378 g/mol. The topological polar surface area (TPSA) is 45.7 Å². The Morgan fingerprint density at radius 3 is 2.74 bits per heavy atom. The van der Waals surface area contributed by atoms with Crippen LogP contribution in [-0.4, -0.2) is 24.2 Å². The van der Waals surface area contributed by atoms with Crippen molar-refractivity contribution in [2.45, 2.75) is 24.8 Å². The fraction of sp³-hybridized carbons (Fsp3) is 0.250. The lowest BCUT2D eigenvalue weighted by atomic mass is 10.2. The standard InChI is InChI=1S/C16H16BrN3O2S/c1-10(2)22-13-9-12-14(8-11(13)17)23-20(16(21)19(12)3)15-6-4-5-7-18-15/h4-10H,1-3H3. The third kappa shape index (κ3) is 3.16. The van der Waals surface area contributed by atoms with Crippen LogP contribution < -0.4 is 13.9 Å². The van der Waals surface area contributed by atoms with Crippen molar-refractivity contribution in [1.82, 2.24) is 4.98 Å². The number of benzene rings is 1. The maximum atomic E-state index is 12.6. The lowest BCUT2D eigenvalue weighted by Crippen LogP contribution is -2.41. The quantitative estimate of drug-likeness (QED) is 0.707. The fourth-order valence-electron chi connectivity index (χ4n) is 2.20. The summed E-state index contributed by atoms with van der Waals surface area (Å²) in [7, 11) is 1.75. The van der Waals surface area contributed by atoms with Crippen molar-refractivity contribution in [1.29, 1.82) is 0 Å². The van der Waals surface area contributed by atoms with E-state index in [9.17, 15) is 4.79 Å². The third-order valence-corrected chi connectivity index (χ3v) is 4.91. The second-order valence-corrected chi connectivity index (χ2v) is 7.17. The molecule has 0 unspecified atom stereocenters. The van der Waals surface area contributed by atoms with Crippen LogP contribution in [0.4, 0.5) is 16.3 Å². The van der Waals surface area contributed by atoms with Gasteiger partial charge in [0.2, 0.25) is 0 Å². The lowest BCUT2D eigenvalue weighted by Gasteiger charge is -2.33. The number of pyridine rings is 1. The molecule has 2 heterocycles. The second kappa shape index (κ2) is 6.41. The van der Waals surface area contributed by atoms with Crippen molar-refractivity contribution < 1.29 is 9.53 Å². The van der Waals surface area contributed by atoms with E-state index in [1.807, 2.05) is 44.2 Å². The van der Waals surface area contributed by atoms with E-state index in [1.165, 1.54) is 11.9 Å². The van der Waals surface area contributed by atoms with E-state index in [0.29, 0.717) is 5.82 Å². The van der Waals surface area contributed by atoms with Gasteiger partial charge in [0.25, 0.3) is 0 Å². The molecule has 2 aromatic rings. The predicted molar refractivity (Wildman–Crippen MR) is 96.3 cm³/mol. The molecule has 3 rings (SSSR count). The van der Waals surface area contributed by atoms with Gasteiger partial charge in [-0.05, 0) is 48.0 Å². The maximum absolute atomic E-state index is 12.6. The SMILES string of the molecule is CC(C)Oc1cc2c(cc1Br)SN(c1ccccn1)C(=O)N2C. The molecule has 0 atom stereocenters. The van der Waals surface area contributed by atoms with Crippen molar-refractivity contribution in [2.75, 3.05) is 16.3 Å². The summed E-state index contributed by atoms with van der Waals surface area (Å²) in [6.07, 6.45) is 1.74. The van der Waals surface area contributed by atoms with Gasteiger partial charge in [-0.1, -0.05) is 6.07 Å². The van der Waals surface area contributed by atoms with Gasteiger partial charge in [0.1, 0.15) is 11.6 Å². The van der Waals surface area contributed by atoms with Crippen LogP contribution in [0.1, 0.15) is 13.8 Å². The van der Waals surface area contributed by atoms with Crippen LogP contribution in [0, 0.1) is 0 Å². The average molecular weight is 394 g/mol. The van der Waals surface area contributed by atoms with Gasteiger partial charge in [0, 0.05) is 31.3 Å². The third-order valence-electron chi connectivity index (χ3n) is 3.25. The zero-order chi connectivity index (χ0) is 16.6. The van der Waals surface area contributed by atoms with Crippen molar-refractivity contribution in [3.05, 3.63) is 41.0 Å². The second-order valence-electron chi connectivity index (χ2n) is 5.33. The minimum atomic E-state index is -0.140. The molecule has 0 spiro atoms. The van der Waals surface area contributed by atoms with Crippen LogP contribution >= 0.6 is 27.9 Å². The summed E-state index contributed by atoms with van der Waals surface area (Å²) < 4.78 is 8.23. The Bertz CT molecular complexity index is 740.